The van der Waals surface area contributed by atoms with Crippen molar-refractivity contribution in [1.82, 2.24) is 5.32 Å². The summed E-state index contributed by atoms with van der Waals surface area (Å²) in [6, 6.07) is 8.31. The largest absolute Gasteiger partial charge is 0.353 e. The molecule has 2 amide bonds. The number of hydrogen-bond acceptors (Lipinski definition) is 2. The Labute approximate surface area is 137 Å². The molecule has 4 heteroatoms. The van der Waals surface area contributed by atoms with Gasteiger partial charge >= 0.3 is 0 Å². The van der Waals surface area contributed by atoms with E-state index in [2.05, 4.69) is 5.32 Å². The number of aryl methyl sites for hydroxylation is 1. The van der Waals surface area contributed by atoms with Crippen molar-refractivity contribution in [2.24, 2.45) is 17.8 Å². The van der Waals surface area contributed by atoms with Gasteiger partial charge < -0.3 is 10.2 Å². The topological polar surface area (TPSA) is 49.4 Å². The van der Waals surface area contributed by atoms with E-state index in [-0.39, 0.29) is 17.7 Å². The van der Waals surface area contributed by atoms with Gasteiger partial charge in [0.15, 0.2) is 0 Å². The SMILES string of the molecule is Cc1ccc(N2CC(C(=O)NC(C3CC3)C3CC3)CC2=O)cc1. The normalized spacial score (nSPS) is 24.3. The van der Waals surface area contributed by atoms with Crippen LogP contribution in [-0.2, 0) is 9.59 Å². The van der Waals surface area contributed by atoms with Crippen LogP contribution in [0.15, 0.2) is 24.3 Å². The molecule has 1 aromatic carbocycles. The average molecular weight is 312 g/mol. The highest BCUT2D eigenvalue weighted by Crippen LogP contribution is 2.44. The van der Waals surface area contributed by atoms with E-state index in [1.54, 1.807) is 4.90 Å². The number of hydrogen-bond donors (Lipinski definition) is 1. The maximum Gasteiger partial charge on any atom is 0.227 e. The molecule has 4 nitrogen and oxygen atoms in total. The summed E-state index contributed by atoms with van der Waals surface area (Å²) in [4.78, 5) is 26.7. The van der Waals surface area contributed by atoms with Gasteiger partial charge in [0.05, 0.1) is 5.92 Å². The fourth-order valence-electron chi connectivity index (χ4n) is 3.67. The predicted octanol–water partition coefficient (Wildman–Crippen LogP) is 2.65. The molecule has 1 aliphatic heterocycles. The number of benzene rings is 1. The molecule has 1 atom stereocenters. The van der Waals surface area contributed by atoms with Crippen LogP contribution in [0.2, 0.25) is 0 Å². The lowest BCUT2D eigenvalue weighted by Gasteiger charge is -2.21. The van der Waals surface area contributed by atoms with Gasteiger partial charge in [0.25, 0.3) is 0 Å². The van der Waals surface area contributed by atoms with E-state index < -0.39 is 0 Å². The fourth-order valence-corrected chi connectivity index (χ4v) is 3.67. The molecule has 122 valence electrons. The summed E-state index contributed by atoms with van der Waals surface area (Å²) in [6.45, 7) is 2.54. The number of nitrogens with one attached hydrogen (secondary N) is 1. The number of amides is 2. The van der Waals surface area contributed by atoms with Crippen LogP contribution in [-0.4, -0.2) is 24.4 Å². The van der Waals surface area contributed by atoms with Crippen LogP contribution in [0.4, 0.5) is 5.69 Å². The lowest BCUT2D eigenvalue weighted by molar-refractivity contribution is -0.127. The molecule has 3 aliphatic rings. The Kier molecular flexibility index (Phi) is 3.63. The van der Waals surface area contributed by atoms with Crippen LogP contribution in [0.5, 0.6) is 0 Å². The van der Waals surface area contributed by atoms with Gasteiger partial charge in [0.1, 0.15) is 0 Å². The molecule has 1 heterocycles. The lowest BCUT2D eigenvalue weighted by Crippen LogP contribution is -2.42. The number of anilines is 1. The molecular weight excluding hydrogens is 288 g/mol. The fraction of sp³-hybridized carbons (Fsp3) is 0.579. The summed E-state index contributed by atoms with van der Waals surface area (Å²) in [6.07, 6.45) is 5.34. The molecule has 4 rings (SSSR count). The predicted molar refractivity (Wildman–Crippen MR) is 89.0 cm³/mol. The van der Waals surface area contributed by atoms with E-state index in [9.17, 15) is 9.59 Å². The highest BCUT2D eigenvalue weighted by atomic mass is 16.2. The molecular formula is C19H24N2O2. The number of nitrogens with zero attached hydrogens (tertiary/aromatic N) is 1. The van der Waals surface area contributed by atoms with Gasteiger partial charge in [-0.05, 0) is 56.6 Å². The first kappa shape index (κ1) is 14.7. The molecule has 3 fully saturated rings. The summed E-state index contributed by atoms with van der Waals surface area (Å²) in [5.41, 5.74) is 2.07. The zero-order valence-corrected chi connectivity index (χ0v) is 13.6. The van der Waals surface area contributed by atoms with Crippen LogP contribution in [0.25, 0.3) is 0 Å². The van der Waals surface area contributed by atoms with Gasteiger partial charge in [-0.3, -0.25) is 9.59 Å². The third-order valence-electron chi connectivity index (χ3n) is 5.41. The van der Waals surface area contributed by atoms with Gasteiger partial charge in [-0.25, -0.2) is 0 Å². The first-order valence-corrected chi connectivity index (χ1v) is 8.79. The number of carbonyl (C=O) groups excluding carboxylic acids is 2. The third kappa shape index (κ3) is 3.12. The second kappa shape index (κ2) is 5.66. The van der Waals surface area contributed by atoms with Crippen LogP contribution in [0.3, 0.4) is 0 Å². The number of carbonyl (C=O) groups is 2. The van der Waals surface area contributed by atoms with Crippen molar-refractivity contribution in [3.8, 4) is 0 Å². The van der Waals surface area contributed by atoms with Crippen LogP contribution >= 0.6 is 0 Å². The maximum atomic E-state index is 12.6. The first-order chi connectivity index (χ1) is 11.1. The Morgan fingerprint density at radius 2 is 1.74 bits per heavy atom. The van der Waals surface area contributed by atoms with Gasteiger partial charge in [0.2, 0.25) is 11.8 Å². The molecule has 1 N–H and O–H groups in total. The van der Waals surface area contributed by atoms with Gasteiger partial charge in [0, 0.05) is 24.7 Å². The molecule has 0 spiro atoms. The summed E-state index contributed by atoms with van der Waals surface area (Å²) in [5.74, 6) is 1.32. The molecule has 1 aromatic rings. The molecule has 23 heavy (non-hydrogen) atoms. The minimum absolute atomic E-state index is 0.0587. The Hall–Kier alpha value is -1.84. The van der Waals surface area contributed by atoms with Gasteiger partial charge in [-0.15, -0.1) is 0 Å². The second-order valence-corrected chi connectivity index (χ2v) is 7.45. The zero-order chi connectivity index (χ0) is 16.0. The van der Waals surface area contributed by atoms with E-state index in [0.29, 0.717) is 30.8 Å². The van der Waals surface area contributed by atoms with Crippen molar-refractivity contribution in [3.05, 3.63) is 29.8 Å². The molecule has 2 saturated carbocycles. The Morgan fingerprint density at radius 3 is 2.30 bits per heavy atom. The molecule has 0 bridgehead atoms. The molecule has 1 saturated heterocycles. The quantitative estimate of drug-likeness (QED) is 0.908. The highest BCUT2D eigenvalue weighted by molar-refractivity contribution is 6.00. The minimum atomic E-state index is -0.205. The monoisotopic (exact) mass is 312 g/mol. The average Bonchev–Trinajstić information content (AvgIpc) is 3.44. The standard InChI is InChI=1S/C19H24N2O2/c1-12-2-8-16(9-3-12)21-11-15(10-17(21)22)19(23)20-18(13-4-5-13)14-6-7-14/h2-3,8-9,13-15,18H,4-7,10-11H2,1H3,(H,20,23). The zero-order valence-electron chi connectivity index (χ0n) is 13.6. The Balaban J connectivity index is 1.41. The van der Waals surface area contributed by atoms with E-state index in [1.807, 2.05) is 31.2 Å². The van der Waals surface area contributed by atoms with Crippen molar-refractivity contribution in [3.63, 3.8) is 0 Å². The van der Waals surface area contributed by atoms with Crippen molar-refractivity contribution in [2.45, 2.75) is 45.1 Å². The molecule has 1 unspecified atom stereocenters. The van der Waals surface area contributed by atoms with Crippen molar-refractivity contribution in [2.75, 3.05) is 11.4 Å². The third-order valence-corrected chi connectivity index (χ3v) is 5.41. The smallest absolute Gasteiger partial charge is 0.227 e. The van der Waals surface area contributed by atoms with Crippen molar-refractivity contribution in [1.29, 1.82) is 0 Å². The van der Waals surface area contributed by atoms with E-state index >= 15 is 0 Å². The number of rotatable bonds is 5. The Morgan fingerprint density at radius 1 is 1.13 bits per heavy atom. The summed E-state index contributed by atoms with van der Waals surface area (Å²) in [5, 5.41) is 3.27. The summed E-state index contributed by atoms with van der Waals surface area (Å²) < 4.78 is 0. The first-order valence-electron chi connectivity index (χ1n) is 8.79. The molecule has 0 radical (unpaired) electrons. The van der Waals surface area contributed by atoms with Crippen molar-refractivity contribution < 1.29 is 9.59 Å². The van der Waals surface area contributed by atoms with E-state index in [4.69, 9.17) is 0 Å². The lowest BCUT2D eigenvalue weighted by atomic mass is 10.0. The maximum absolute atomic E-state index is 12.6. The van der Waals surface area contributed by atoms with Crippen LogP contribution in [0.1, 0.15) is 37.7 Å². The molecule has 0 aromatic heterocycles. The van der Waals surface area contributed by atoms with Gasteiger partial charge in [-0.2, -0.15) is 0 Å². The van der Waals surface area contributed by atoms with E-state index in [0.717, 1.165) is 5.69 Å². The Bertz CT molecular complexity index is 605. The summed E-state index contributed by atoms with van der Waals surface area (Å²) >= 11 is 0. The second-order valence-electron chi connectivity index (χ2n) is 7.45. The summed E-state index contributed by atoms with van der Waals surface area (Å²) in [7, 11) is 0. The van der Waals surface area contributed by atoms with Gasteiger partial charge in [-0.1, -0.05) is 17.7 Å². The van der Waals surface area contributed by atoms with Crippen LogP contribution < -0.4 is 10.2 Å². The van der Waals surface area contributed by atoms with Crippen molar-refractivity contribution >= 4 is 17.5 Å². The molecule has 2 aliphatic carbocycles. The van der Waals surface area contributed by atoms with Crippen LogP contribution in [0, 0.1) is 24.7 Å². The highest BCUT2D eigenvalue weighted by Gasteiger charge is 2.44. The minimum Gasteiger partial charge on any atom is -0.353 e. The van der Waals surface area contributed by atoms with E-state index in [1.165, 1.54) is 31.2 Å².